The van der Waals surface area contributed by atoms with Crippen molar-refractivity contribution < 1.29 is 4.92 Å². The van der Waals surface area contributed by atoms with E-state index in [-0.39, 0.29) is 10.8 Å². The van der Waals surface area contributed by atoms with Gasteiger partial charge in [-0.1, -0.05) is 11.6 Å². The third-order valence-electron chi connectivity index (χ3n) is 1.57. The number of pyridine rings is 1. The number of rotatable bonds is 4. The first-order valence-corrected chi connectivity index (χ1v) is 4.50. The van der Waals surface area contributed by atoms with E-state index in [1.807, 2.05) is 0 Å². The van der Waals surface area contributed by atoms with E-state index in [2.05, 4.69) is 16.2 Å². The maximum Gasteiger partial charge on any atom is 0.276 e. The molecule has 0 spiro atoms. The second kappa shape index (κ2) is 5.17. The molecule has 0 aromatic carbocycles. The van der Waals surface area contributed by atoms with Crippen molar-refractivity contribution in [3.05, 3.63) is 27.4 Å². The van der Waals surface area contributed by atoms with Crippen molar-refractivity contribution in [2.24, 2.45) is 0 Å². The third-order valence-corrected chi connectivity index (χ3v) is 1.76. The first kappa shape index (κ1) is 11.3. The Kier molecular flexibility index (Phi) is 3.89. The van der Waals surface area contributed by atoms with Gasteiger partial charge in [0.15, 0.2) is 0 Å². The van der Waals surface area contributed by atoms with Gasteiger partial charge in [-0.2, -0.15) is 0 Å². The summed E-state index contributed by atoms with van der Waals surface area (Å²) in [6.07, 6.45) is 5.57. The number of nitrogens with one attached hydrogen (secondary N) is 1. The van der Waals surface area contributed by atoms with Crippen LogP contribution in [0.5, 0.6) is 0 Å². The van der Waals surface area contributed by atoms with Gasteiger partial charge in [-0.25, -0.2) is 4.98 Å². The number of anilines is 1. The number of hydrogen-bond donors (Lipinski definition) is 1. The Labute approximate surface area is 91.6 Å². The van der Waals surface area contributed by atoms with Gasteiger partial charge >= 0.3 is 0 Å². The zero-order chi connectivity index (χ0) is 11.3. The van der Waals surface area contributed by atoms with Crippen molar-refractivity contribution in [1.82, 2.24) is 4.98 Å². The highest BCUT2D eigenvalue weighted by atomic mass is 35.5. The smallest absolute Gasteiger partial charge is 0.276 e. The van der Waals surface area contributed by atoms with Crippen LogP contribution in [0.1, 0.15) is 6.42 Å². The van der Waals surface area contributed by atoms with Gasteiger partial charge < -0.3 is 5.32 Å². The van der Waals surface area contributed by atoms with E-state index >= 15 is 0 Å². The molecule has 0 radical (unpaired) electrons. The van der Waals surface area contributed by atoms with Gasteiger partial charge in [0, 0.05) is 13.0 Å². The molecule has 0 saturated carbocycles. The summed E-state index contributed by atoms with van der Waals surface area (Å²) in [4.78, 5) is 13.8. The quantitative estimate of drug-likeness (QED) is 0.280. The Balaban J connectivity index is 2.80. The van der Waals surface area contributed by atoms with Crippen molar-refractivity contribution in [1.29, 1.82) is 0 Å². The molecule has 0 aliphatic carbocycles. The Morgan fingerprint density at radius 1 is 1.67 bits per heavy atom. The van der Waals surface area contributed by atoms with Crippen LogP contribution in [-0.4, -0.2) is 16.5 Å². The van der Waals surface area contributed by atoms with Crippen LogP contribution in [0.2, 0.25) is 5.15 Å². The predicted molar refractivity (Wildman–Crippen MR) is 57.8 cm³/mol. The molecule has 1 aromatic heterocycles. The van der Waals surface area contributed by atoms with Crippen LogP contribution >= 0.6 is 11.6 Å². The van der Waals surface area contributed by atoms with Crippen LogP contribution in [0.15, 0.2) is 12.1 Å². The van der Waals surface area contributed by atoms with Gasteiger partial charge in [-0.05, 0) is 0 Å². The zero-order valence-electron chi connectivity index (χ0n) is 7.74. The van der Waals surface area contributed by atoms with Crippen LogP contribution < -0.4 is 5.32 Å². The normalized spacial score (nSPS) is 9.33. The summed E-state index contributed by atoms with van der Waals surface area (Å²) in [7, 11) is 0. The molecule has 0 saturated heterocycles. The van der Waals surface area contributed by atoms with Gasteiger partial charge in [-0.15, -0.1) is 12.3 Å². The molecule has 0 fully saturated rings. The van der Waals surface area contributed by atoms with Gasteiger partial charge in [0.25, 0.3) is 5.69 Å². The summed E-state index contributed by atoms with van der Waals surface area (Å²) < 4.78 is 0. The van der Waals surface area contributed by atoms with E-state index in [9.17, 15) is 10.1 Å². The van der Waals surface area contributed by atoms with Gasteiger partial charge in [0.2, 0.25) is 0 Å². The minimum absolute atomic E-state index is 0.0763. The number of hydrogen-bond acceptors (Lipinski definition) is 4. The molecule has 15 heavy (non-hydrogen) atoms. The molecule has 0 aliphatic rings. The largest absolute Gasteiger partial charge is 0.369 e. The maximum absolute atomic E-state index is 10.5. The maximum atomic E-state index is 10.5. The molecular weight excluding hydrogens is 218 g/mol. The first-order chi connectivity index (χ1) is 7.13. The SMILES string of the molecule is C#CCCNc1cc([N+](=O)[O-])cc(Cl)n1. The molecule has 0 bridgehead atoms. The van der Waals surface area contributed by atoms with Gasteiger partial charge in [0.1, 0.15) is 11.0 Å². The van der Waals surface area contributed by atoms with Crippen molar-refractivity contribution in [3.63, 3.8) is 0 Å². The minimum Gasteiger partial charge on any atom is -0.369 e. The molecule has 0 atom stereocenters. The van der Waals surface area contributed by atoms with Gasteiger partial charge in [0.05, 0.1) is 17.1 Å². The molecule has 0 amide bonds. The van der Waals surface area contributed by atoms with Crippen molar-refractivity contribution in [2.45, 2.75) is 6.42 Å². The average Bonchev–Trinajstić information content (AvgIpc) is 2.17. The monoisotopic (exact) mass is 225 g/mol. The van der Waals surface area contributed by atoms with Crippen molar-refractivity contribution in [2.75, 3.05) is 11.9 Å². The number of nitrogens with zero attached hydrogens (tertiary/aromatic N) is 2. The molecule has 0 aliphatic heterocycles. The first-order valence-electron chi connectivity index (χ1n) is 4.13. The lowest BCUT2D eigenvalue weighted by molar-refractivity contribution is -0.384. The lowest BCUT2D eigenvalue weighted by Crippen LogP contribution is -2.03. The van der Waals surface area contributed by atoms with Crippen LogP contribution in [0, 0.1) is 22.5 Å². The fraction of sp³-hybridized carbons (Fsp3) is 0.222. The molecule has 1 rings (SSSR count). The summed E-state index contributed by atoms with van der Waals surface area (Å²) >= 11 is 5.61. The van der Waals surface area contributed by atoms with E-state index in [0.717, 1.165) is 0 Å². The Hall–Kier alpha value is -1.80. The van der Waals surface area contributed by atoms with E-state index in [4.69, 9.17) is 18.0 Å². The fourth-order valence-corrected chi connectivity index (χ4v) is 1.14. The lowest BCUT2D eigenvalue weighted by atomic mass is 10.4. The van der Waals surface area contributed by atoms with Gasteiger partial charge in [-0.3, -0.25) is 10.1 Å². The van der Waals surface area contributed by atoms with Crippen molar-refractivity contribution >= 4 is 23.1 Å². The van der Waals surface area contributed by atoms with Crippen LogP contribution in [0.25, 0.3) is 0 Å². The third kappa shape index (κ3) is 3.44. The van der Waals surface area contributed by atoms with Crippen molar-refractivity contribution in [3.8, 4) is 12.3 Å². The molecule has 1 heterocycles. The summed E-state index contributed by atoms with van der Waals surface area (Å²) in [5.74, 6) is 2.78. The highest BCUT2D eigenvalue weighted by Crippen LogP contribution is 2.20. The Morgan fingerprint density at radius 2 is 2.40 bits per heavy atom. The Bertz CT molecular complexity index is 414. The number of nitro groups is 1. The molecule has 1 aromatic rings. The number of halogens is 1. The van der Waals surface area contributed by atoms with E-state index in [1.54, 1.807) is 0 Å². The second-order valence-electron chi connectivity index (χ2n) is 2.67. The van der Waals surface area contributed by atoms with Crippen LogP contribution in [0.4, 0.5) is 11.5 Å². The molecule has 78 valence electrons. The standard InChI is InChI=1S/C9H8ClN3O2/c1-2-3-4-11-9-6-7(13(14)15)5-8(10)12-9/h1,5-6H,3-4H2,(H,11,12). The van der Waals surface area contributed by atoms with E-state index < -0.39 is 4.92 Å². The highest BCUT2D eigenvalue weighted by Gasteiger charge is 2.09. The summed E-state index contributed by atoms with van der Waals surface area (Å²) in [5, 5.41) is 13.4. The van der Waals surface area contributed by atoms with Crippen LogP contribution in [-0.2, 0) is 0 Å². The average molecular weight is 226 g/mol. The second-order valence-corrected chi connectivity index (χ2v) is 3.06. The molecule has 0 unspecified atom stereocenters. The molecule has 5 nitrogen and oxygen atoms in total. The summed E-state index contributed by atoms with van der Waals surface area (Å²) in [6.45, 7) is 0.501. The predicted octanol–water partition coefficient (Wildman–Crippen LogP) is 2.08. The van der Waals surface area contributed by atoms with Crippen LogP contribution in [0.3, 0.4) is 0 Å². The van der Waals surface area contributed by atoms with E-state index in [0.29, 0.717) is 18.8 Å². The summed E-state index contributed by atoms with van der Waals surface area (Å²) in [5.41, 5.74) is -0.0989. The fourth-order valence-electron chi connectivity index (χ4n) is 0.942. The molecule has 6 heteroatoms. The molecule has 1 N–H and O–H groups in total. The topological polar surface area (TPSA) is 68.1 Å². The number of aromatic nitrogens is 1. The lowest BCUT2D eigenvalue weighted by Gasteiger charge is -2.03. The minimum atomic E-state index is -0.528. The highest BCUT2D eigenvalue weighted by molar-refractivity contribution is 6.29. The Morgan fingerprint density at radius 3 is 3.00 bits per heavy atom. The van der Waals surface area contributed by atoms with E-state index in [1.165, 1.54) is 12.1 Å². The summed E-state index contributed by atoms with van der Waals surface area (Å²) in [6, 6.07) is 2.50. The zero-order valence-corrected chi connectivity index (χ0v) is 8.49. The molecular formula is C9H8ClN3O2. The number of terminal acetylenes is 1.